The SMILES string of the molecule is Cc1nccc(CNC(=O)OC(C)C)n1. The van der Waals surface area contributed by atoms with Gasteiger partial charge in [0.15, 0.2) is 0 Å². The molecule has 0 saturated heterocycles. The van der Waals surface area contributed by atoms with Crippen LogP contribution < -0.4 is 5.32 Å². The first-order valence-corrected chi connectivity index (χ1v) is 4.81. The van der Waals surface area contributed by atoms with Crippen molar-refractivity contribution in [1.82, 2.24) is 15.3 Å². The van der Waals surface area contributed by atoms with Crippen molar-refractivity contribution >= 4 is 6.09 Å². The molecular formula is C10H15N3O2. The van der Waals surface area contributed by atoms with E-state index < -0.39 is 6.09 Å². The van der Waals surface area contributed by atoms with E-state index in [0.29, 0.717) is 12.4 Å². The summed E-state index contributed by atoms with van der Waals surface area (Å²) in [5.41, 5.74) is 0.767. The van der Waals surface area contributed by atoms with Gasteiger partial charge < -0.3 is 10.1 Å². The van der Waals surface area contributed by atoms with Crippen molar-refractivity contribution < 1.29 is 9.53 Å². The summed E-state index contributed by atoms with van der Waals surface area (Å²) in [6.07, 6.45) is 1.12. The fraction of sp³-hybridized carbons (Fsp3) is 0.500. The van der Waals surface area contributed by atoms with Gasteiger partial charge in [-0.25, -0.2) is 14.8 Å². The highest BCUT2D eigenvalue weighted by Crippen LogP contribution is 1.95. The Bertz CT molecular complexity index is 339. The van der Waals surface area contributed by atoms with Crippen molar-refractivity contribution in [2.75, 3.05) is 0 Å². The predicted molar refractivity (Wildman–Crippen MR) is 55.2 cm³/mol. The van der Waals surface area contributed by atoms with Gasteiger partial charge in [0.05, 0.1) is 18.3 Å². The van der Waals surface area contributed by atoms with Gasteiger partial charge in [0, 0.05) is 6.20 Å². The Morgan fingerprint density at radius 2 is 2.33 bits per heavy atom. The average Bonchev–Trinajstić information content (AvgIpc) is 2.14. The first kappa shape index (κ1) is 11.4. The molecule has 1 N–H and O–H groups in total. The van der Waals surface area contributed by atoms with Crippen LogP contribution in [0.4, 0.5) is 4.79 Å². The summed E-state index contributed by atoms with van der Waals surface area (Å²) in [7, 11) is 0. The second-order valence-corrected chi connectivity index (χ2v) is 3.40. The number of alkyl carbamates (subject to hydrolysis) is 1. The molecule has 1 aromatic heterocycles. The number of rotatable bonds is 3. The number of carbonyl (C=O) groups is 1. The van der Waals surface area contributed by atoms with Crippen molar-refractivity contribution in [3.05, 3.63) is 23.8 Å². The van der Waals surface area contributed by atoms with Crippen LogP contribution in [0.15, 0.2) is 12.3 Å². The normalized spacial score (nSPS) is 10.1. The molecule has 0 aliphatic heterocycles. The van der Waals surface area contributed by atoms with Crippen molar-refractivity contribution in [3.63, 3.8) is 0 Å². The molecule has 0 aliphatic carbocycles. The van der Waals surface area contributed by atoms with Crippen LogP contribution in [0.25, 0.3) is 0 Å². The van der Waals surface area contributed by atoms with Gasteiger partial charge in [0.25, 0.3) is 0 Å². The molecule has 0 bridgehead atoms. The molecule has 5 nitrogen and oxygen atoms in total. The van der Waals surface area contributed by atoms with Crippen LogP contribution in [0.3, 0.4) is 0 Å². The standard InChI is InChI=1S/C10H15N3O2/c1-7(2)15-10(14)12-6-9-4-5-11-8(3)13-9/h4-5,7H,6H2,1-3H3,(H,12,14). The highest BCUT2D eigenvalue weighted by Gasteiger charge is 2.04. The van der Waals surface area contributed by atoms with E-state index in [1.807, 2.05) is 0 Å². The van der Waals surface area contributed by atoms with Gasteiger partial charge in [-0.1, -0.05) is 0 Å². The summed E-state index contributed by atoms with van der Waals surface area (Å²) < 4.78 is 4.91. The van der Waals surface area contributed by atoms with Crippen LogP contribution in [0.5, 0.6) is 0 Å². The molecule has 1 amide bonds. The van der Waals surface area contributed by atoms with E-state index >= 15 is 0 Å². The highest BCUT2D eigenvalue weighted by atomic mass is 16.6. The summed E-state index contributed by atoms with van der Waals surface area (Å²) in [6, 6.07) is 1.75. The van der Waals surface area contributed by atoms with Gasteiger partial charge in [-0.05, 0) is 26.8 Å². The molecule has 0 saturated carbocycles. The average molecular weight is 209 g/mol. The minimum absolute atomic E-state index is 0.114. The number of hydrogen-bond acceptors (Lipinski definition) is 4. The van der Waals surface area contributed by atoms with Gasteiger partial charge in [-0.3, -0.25) is 0 Å². The maximum atomic E-state index is 11.1. The molecule has 0 spiro atoms. The van der Waals surface area contributed by atoms with Crippen LogP contribution in [-0.4, -0.2) is 22.2 Å². The Kier molecular flexibility index (Phi) is 4.03. The van der Waals surface area contributed by atoms with Crippen molar-refractivity contribution in [1.29, 1.82) is 0 Å². The summed E-state index contributed by atoms with van der Waals surface area (Å²) in [5.74, 6) is 0.687. The Morgan fingerprint density at radius 3 is 2.93 bits per heavy atom. The van der Waals surface area contributed by atoms with E-state index in [0.717, 1.165) is 5.69 Å². The fourth-order valence-electron chi connectivity index (χ4n) is 1.02. The molecule has 1 rings (SSSR count). The van der Waals surface area contributed by atoms with Gasteiger partial charge in [-0.2, -0.15) is 0 Å². The quantitative estimate of drug-likeness (QED) is 0.817. The first-order chi connectivity index (χ1) is 7.08. The van der Waals surface area contributed by atoms with Crippen LogP contribution >= 0.6 is 0 Å². The molecule has 0 unspecified atom stereocenters. The largest absolute Gasteiger partial charge is 0.447 e. The molecule has 5 heteroatoms. The number of hydrogen-bond donors (Lipinski definition) is 1. The molecule has 15 heavy (non-hydrogen) atoms. The second-order valence-electron chi connectivity index (χ2n) is 3.40. The summed E-state index contributed by atoms with van der Waals surface area (Å²) >= 11 is 0. The third-order valence-electron chi connectivity index (χ3n) is 1.59. The molecular weight excluding hydrogens is 194 g/mol. The van der Waals surface area contributed by atoms with Gasteiger partial charge in [0.1, 0.15) is 5.82 Å². The first-order valence-electron chi connectivity index (χ1n) is 4.81. The predicted octanol–water partition coefficient (Wildman–Crippen LogP) is 1.42. The second kappa shape index (κ2) is 5.29. The van der Waals surface area contributed by atoms with E-state index in [9.17, 15) is 4.79 Å². The van der Waals surface area contributed by atoms with E-state index in [2.05, 4.69) is 15.3 Å². The fourth-order valence-corrected chi connectivity index (χ4v) is 1.02. The summed E-state index contributed by atoms with van der Waals surface area (Å²) in [4.78, 5) is 19.2. The molecule has 82 valence electrons. The Morgan fingerprint density at radius 1 is 1.60 bits per heavy atom. The van der Waals surface area contributed by atoms with Gasteiger partial charge in [-0.15, -0.1) is 0 Å². The zero-order chi connectivity index (χ0) is 11.3. The lowest BCUT2D eigenvalue weighted by Gasteiger charge is -2.08. The topological polar surface area (TPSA) is 64.1 Å². The van der Waals surface area contributed by atoms with Gasteiger partial charge in [0.2, 0.25) is 0 Å². The lowest BCUT2D eigenvalue weighted by atomic mass is 10.4. The lowest BCUT2D eigenvalue weighted by Crippen LogP contribution is -2.26. The van der Waals surface area contributed by atoms with E-state index in [1.54, 1.807) is 33.0 Å². The molecule has 0 aromatic carbocycles. The number of aromatic nitrogens is 2. The number of amides is 1. The lowest BCUT2D eigenvalue weighted by molar-refractivity contribution is 0.115. The summed E-state index contributed by atoms with van der Waals surface area (Å²) in [5, 5.41) is 2.61. The molecule has 1 aromatic rings. The van der Waals surface area contributed by atoms with Crippen LogP contribution in [0.2, 0.25) is 0 Å². The monoisotopic (exact) mass is 209 g/mol. The Balaban J connectivity index is 2.40. The van der Waals surface area contributed by atoms with E-state index in [1.165, 1.54) is 0 Å². The number of nitrogens with zero attached hydrogens (tertiary/aromatic N) is 2. The maximum absolute atomic E-state index is 11.1. The van der Waals surface area contributed by atoms with Crippen molar-refractivity contribution in [2.24, 2.45) is 0 Å². The third-order valence-corrected chi connectivity index (χ3v) is 1.59. The smallest absolute Gasteiger partial charge is 0.407 e. The molecule has 0 fully saturated rings. The third kappa shape index (κ3) is 4.39. The summed E-state index contributed by atoms with van der Waals surface area (Å²) in [6.45, 7) is 5.76. The van der Waals surface area contributed by atoms with Gasteiger partial charge >= 0.3 is 6.09 Å². The van der Waals surface area contributed by atoms with Crippen LogP contribution in [0, 0.1) is 6.92 Å². The Hall–Kier alpha value is -1.65. The number of nitrogens with one attached hydrogen (secondary N) is 1. The number of ether oxygens (including phenoxy) is 1. The molecule has 0 atom stereocenters. The van der Waals surface area contributed by atoms with Crippen LogP contribution in [0.1, 0.15) is 25.4 Å². The van der Waals surface area contributed by atoms with E-state index in [4.69, 9.17) is 4.74 Å². The molecule has 1 heterocycles. The zero-order valence-corrected chi connectivity index (χ0v) is 9.15. The van der Waals surface area contributed by atoms with Crippen molar-refractivity contribution in [2.45, 2.75) is 33.4 Å². The minimum Gasteiger partial charge on any atom is -0.447 e. The van der Waals surface area contributed by atoms with E-state index in [-0.39, 0.29) is 6.10 Å². The zero-order valence-electron chi connectivity index (χ0n) is 9.15. The van der Waals surface area contributed by atoms with Crippen molar-refractivity contribution in [3.8, 4) is 0 Å². The molecule has 0 radical (unpaired) electrons. The number of aryl methyl sites for hydroxylation is 1. The highest BCUT2D eigenvalue weighted by molar-refractivity contribution is 5.67. The maximum Gasteiger partial charge on any atom is 0.407 e. The number of carbonyl (C=O) groups excluding carboxylic acids is 1. The van der Waals surface area contributed by atoms with Crippen LogP contribution in [-0.2, 0) is 11.3 Å². The minimum atomic E-state index is -0.429. The Labute approximate surface area is 88.9 Å². The molecule has 0 aliphatic rings.